The Hall–Kier alpha value is -1.93. The van der Waals surface area contributed by atoms with Gasteiger partial charge in [-0.3, -0.25) is 9.59 Å². The van der Waals surface area contributed by atoms with Crippen molar-refractivity contribution in [2.24, 2.45) is 0 Å². The van der Waals surface area contributed by atoms with Gasteiger partial charge in [-0.1, -0.05) is 19.3 Å². The Kier molecular flexibility index (Phi) is 5.42. The molecule has 0 saturated heterocycles. The van der Waals surface area contributed by atoms with E-state index in [9.17, 15) is 18.0 Å². The van der Waals surface area contributed by atoms with Crippen molar-refractivity contribution in [1.82, 2.24) is 9.62 Å². The number of amides is 2. The van der Waals surface area contributed by atoms with Crippen LogP contribution in [0.25, 0.3) is 0 Å². The monoisotopic (exact) mass is 406 g/mol. The summed E-state index contributed by atoms with van der Waals surface area (Å²) in [6.07, 6.45) is 8.44. The first-order valence-electron chi connectivity index (χ1n) is 10.1. The molecule has 0 radical (unpaired) electrons. The summed E-state index contributed by atoms with van der Waals surface area (Å²) in [6.45, 7) is 1.07. The predicted octanol–water partition coefficient (Wildman–Crippen LogP) is 2.46. The highest BCUT2D eigenvalue weighted by Gasteiger charge is 2.48. The lowest BCUT2D eigenvalue weighted by atomic mass is 9.98. The third-order valence-electron chi connectivity index (χ3n) is 5.60. The highest BCUT2D eigenvalue weighted by atomic mass is 32.2. The second-order valence-electron chi connectivity index (χ2n) is 7.79. The summed E-state index contributed by atoms with van der Waals surface area (Å²) < 4.78 is 32.1. The molecule has 4 rings (SSSR count). The molecule has 3 aliphatic rings. The molecule has 1 aromatic carbocycles. The summed E-state index contributed by atoms with van der Waals surface area (Å²) in [5.41, 5.74) is 0.408. The van der Waals surface area contributed by atoms with Crippen LogP contribution in [0.15, 0.2) is 23.1 Å². The topological polar surface area (TPSA) is 92.8 Å². The van der Waals surface area contributed by atoms with Gasteiger partial charge in [-0.15, -0.1) is 0 Å². The van der Waals surface area contributed by atoms with Gasteiger partial charge in [0.15, 0.2) is 0 Å². The third-order valence-corrected chi connectivity index (χ3v) is 7.48. The Morgan fingerprint density at radius 1 is 1.14 bits per heavy atom. The van der Waals surface area contributed by atoms with Crippen LogP contribution < -0.4 is 5.32 Å². The fourth-order valence-corrected chi connectivity index (χ4v) is 5.76. The number of fused-ring (bicyclic) bond motifs is 1. The molecule has 0 atom stereocenters. The van der Waals surface area contributed by atoms with Crippen molar-refractivity contribution in [3.05, 3.63) is 29.3 Å². The van der Waals surface area contributed by atoms with Gasteiger partial charge in [-0.2, -0.15) is 0 Å². The number of hydrogen-bond donors (Lipinski definition) is 1. The SMILES string of the molecule is O=C(NCCCOC1CCCCC1)c1ccc2c(c1)S(=O)(=O)N(C1CC1)C2=O. The van der Waals surface area contributed by atoms with Crippen LogP contribution in [-0.2, 0) is 14.8 Å². The van der Waals surface area contributed by atoms with Crippen LogP contribution in [0, 0.1) is 0 Å². The van der Waals surface area contributed by atoms with Gasteiger partial charge in [-0.25, -0.2) is 12.7 Å². The van der Waals surface area contributed by atoms with E-state index in [1.165, 1.54) is 37.5 Å². The second-order valence-corrected chi connectivity index (χ2v) is 9.57. The molecule has 28 heavy (non-hydrogen) atoms. The molecule has 8 heteroatoms. The molecule has 0 unspecified atom stereocenters. The summed E-state index contributed by atoms with van der Waals surface area (Å²) in [7, 11) is -3.85. The molecule has 2 saturated carbocycles. The number of hydrogen-bond acceptors (Lipinski definition) is 5. The van der Waals surface area contributed by atoms with Crippen LogP contribution in [0.3, 0.4) is 0 Å². The van der Waals surface area contributed by atoms with Gasteiger partial charge in [0.2, 0.25) is 0 Å². The zero-order chi connectivity index (χ0) is 19.7. The van der Waals surface area contributed by atoms with Crippen LogP contribution in [0.5, 0.6) is 0 Å². The molecular formula is C20H26N2O5S. The predicted molar refractivity (Wildman–Crippen MR) is 103 cm³/mol. The standard InChI is InChI=1S/C20H26N2O5S/c23-19(21-11-4-12-27-16-5-2-1-3-6-16)14-7-10-17-18(13-14)28(25,26)22(20(17)24)15-8-9-15/h7,10,13,15-16H,1-6,8-9,11-12H2,(H,21,23). The van der Waals surface area contributed by atoms with Crippen molar-refractivity contribution in [1.29, 1.82) is 0 Å². The minimum Gasteiger partial charge on any atom is -0.378 e. The highest BCUT2D eigenvalue weighted by molar-refractivity contribution is 7.90. The van der Waals surface area contributed by atoms with Gasteiger partial charge in [0.05, 0.1) is 11.7 Å². The van der Waals surface area contributed by atoms with E-state index in [0.717, 1.165) is 17.1 Å². The van der Waals surface area contributed by atoms with Gasteiger partial charge in [-0.05, 0) is 50.3 Å². The number of carbonyl (C=O) groups excluding carboxylic acids is 2. The maximum absolute atomic E-state index is 12.7. The molecule has 1 aromatic rings. The van der Waals surface area contributed by atoms with E-state index in [2.05, 4.69) is 5.32 Å². The first-order chi connectivity index (χ1) is 13.5. The van der Waals surface area contributed by atoms with E-state index in [4.69, 9.17) is 4.74 Å². The lowest BCUT2D eigenvalue weighted by molar-refractivity contribution is 0.0273. The summed E-state index contributed by atoms with van der Waals surface area (Å²) >= 11 is 0. The first-order valence-corrected chi connectivity index (χ1v) is 11.5. The number of nitrogens with one attached hydrogen (secondary N) is 1. The molecule has 1 heterocycles. The number of carbonyl (C=O) groups is 2. The molecule has 2 amide bonds. The minimum absolute atomic E-state index is 0.0577. The number of ether oxygens (including phenoxy) is 1. The van der Waals surface area contributed by atoms with Gasteiger partial charge >= 0.3 is 0 Å². The molecule has 1 N–H and O–H groups in total. The van der Waals surface area contributed by atoms with Crippen LogP contribution in [0.2, 0.25) is 0 Å². The zero-order valence-corrected chi connectivity index (χ0v) is 16.7. The van der Waals surface area contributed by atoms with Crippen molar-refractivity contribution in [3.8, 4) is 0 Å². The number of nitrogens with zero attached hydrogens (tertiary/aromatic N) is 1. The number of rotatable bonds is 7. The van der Waals surface area contributed by atoms with E-state index in [-0.39, 0.29) is 28.0 Å². The Morgan fingerprint density at radius 2 is 1.89 bits per heavy atom. The van der Waals surface area contributed by atoms with Crippen LogP contribution >= 0.6 is 0 Å². The largest absolute Gasteiger partial charge is 0.378 e. The fraction of sp³-hybridized carbons (Fsp3) is 0.600. The van der Waals surface area contributed by atoms with Gasteiger partial charge < -0.3 is 10.1 Å². The van der Waals surface area contributed by atoms with Crippen molar-refractivity contribution < 1.29 is 22.7 Å². The normalized spacial score (nSPS) is 21.6. The Labute approximate surface area is 165 Å². The molecule has 0 bridgehead atoms. The van der Waals surface area contributed by atoms with Crippen LogP contribution in [0.1, 0.15) is 72.1 Å². The zero-order valence-electron chi connectivity index (χ0n) is 15.9. The Balaban J connectivity index is 1.32. The smallest absolute Gasteiger partial charge is 0.269 e. The van der Waals surface area contributed by atoms with Crippen molar-refractivity contribution >= 4 is 21.8 Å². The molecule has 7 nitrogen and oxygen atoms in total. The maximum atomic E-state index is 12.7. The second kappa shape index (κ2) is 7.83. The lowest BCUT2D eigenvalue weighted by Gasteiger charge is -2.21. The van der Waals surface area contributed by atoms with E-state index >= 15 is 0 Å². The minimum atomic E-state index is -3.85. The third kappa shape index (κ3) is 3.80. The molecule has 2 fully saturated rings. The number of benzene rings is 1. The summed E-state index contributed by atoms with van der Waals surface area (Å²) in [6, 6.07) is 4.04. The van der Waals surface area contributed by atoms with Crippen molar-refractivity contribution in [2.75, 3.05) is 13.2 Å². The molecule has 0 spiro atoms. The van der Waals surface area contributed by atoms with Crippen molar-refractivity contribution in [3.63, 3.8) is 0 Å². The Morgan fingerprint density at radius 3 is 2.61 bits per heavy atom. The van der Waals surface area contributed by atoms with E-state index < -0.39 is 15.9 Å². The molecule has 0 aromatic heterocycles. The summed E-state index contributed by atoms with van der Waals surface area (Å²) in [5, 5.41) is 2.80. The Bertz CT molecular complexity index is 873. The quantitative estimate of drug-likeness (QED) is 0.702. The molecule has 1 aliphatic heterocycles. The summed E-state index contributed by atoms with van der Waals surface area (Å²) in [4.78, 5) is 24.7. The first kappa shape index (κ1) is 19.4. The lowest BCUT2D eigenvalue weighted by Crippen LogP contribution is -2.32. The number of sulfonamides is 1. The van der Waals surface area contributed by atoms with E-state index in [1.54, 1.807) is 0 Å². The average molecular weight is 407 g/mol. The maximum Gasteiger partial charge on any atom is 0.269 e. The van der Waals surface area contributed by atoms with E-state index in [0.29, 0.717) is 38.5 Å². The fourth-order valence-electron chi connectivity index (χ4n) is 3.92. The average Bonchev–Trinajstić information content (AvgIpc) is 3.49. The van der Waals surface area contributed by atoms with Crippen LogP contribution in [-0.4, -0.2) is 49.8 Å². The molecule has 2 aliphatic carbocycles. The van der Waals surface area contributed by atoms with Gasteiger partial charge in [0.25, 0.3) is 21.8 Å². The van der Waals surface area contributed by atoms with Gasteiger partial charge in [0.1, 0.15) is 4.90 Å². The molecule has 152 valence electrons. The van der Waals surface area contributed by atoms with Crippen LogP contribution in [0.4, 0.5) is 0 Å². The van der Waals surface area contributed by atoms with E-state index in [1.807, 2.05) is 0 Å². The summed E-state index contributed by atoms with van der Waals surface area (Å²) in [5.74, 6) is -0.822. The molecular weight excluding hydrogens is 380 g/mol. The van der Waals surface area contributed by atoms with Gasteiger partial charge in [0, 0.05) is 24.8 Å². The van der Waals surface area contributed by atoms with Crippen molar-refractivity contribution in [2.45, 2.75) is 68.4 Å². The highest BCUT2D eigenvalue weighted by Crippen LogP contribution is 2.39.